The molecule has 1 aliphatic heterocycles. The summed E-state index contributed by atoms with van der Waals surface area (Å²) in [6, 6.07) is 5.31. The molecule has 0 radical (unpaired) electrons. The molecule has 0 amide bonds. The number of carboxylic acids is 1. The number of rotatable bonds is 5. The van der Waals surface area contributed by atoms with Gasteiger partial charge < -0.3 is 9.63 Å². The maximum Gasteiger partial charge on any atom is 0.320 e. The Hall–Kier alpha value is -2.81. The lowest BCUT2D eigenvalue weighted by Crippen LogP contribution is -2.44. The van der Waals surface area contributed by atoms with Crippen molar-refractivity contribution in [2.75, 3.05) is 6.54 Å². The zero-order valence-corrected chi connectivity index (χ0v) is 12.8. The largest absolute Gasteiger partial charge is 0.480 e. The third-order valence-corrected chi connectivity index (χ3v) is 4.04. The van der Waals surface area contributed by atoms with Gasteiger partial charge in [0.25, 0.3) is 5.69 Å². The lowest BCUT2D eigenvalue weighted by atomic mass is 10.0. The number of nitro groups is 1. The van der Waals surface area contributed by atoms with Crippen LogP contribution in [0.4, 0.5) is 5.69 Å². The van der Waals surface area contributed by atoms with E-state index in [9.17, 15) is 20.0 Å². The van der Waals surface area contributed by atoms with Gasteiger partial charge in [-0.1, -0.05) is 11.6 Å². The summed E-state index contributed by atoms with van der Waals surface area (Å²) >= 11 is 0. The second-order valence-electron chi connectivity index (χ2n) is 5.64. The number of aromatic nitrogens is 2. The molecular weight excluding hydrogens is 316 g/mol. The molecule has 0 spiro atoms. The van der Waals surface area contributed by atoms with Crippen LogP contribution in [0.25, 0.3) is 11.4 Å². The molecule has 2 heterocycles. The summed E-state index contributed by atoms with van der Waals surface area (Å²) in [5.74, 6) is -0.190. The van der Waals surface area contributed by atoms with Gasteiger partial charge in [0.1, 0.15) is 6.04 Å². The highest BCUT2D eigenvalue weighted by molar-refractivity contribution is 5.73. The Kier molecular flexibility index (Phi) is 4.52. The first-order valence-corrected chi connectivity index (χ1v) is 7.59. The normalized spacial score (nSPS) is 18.4. The van der Waals surface area contributed by atoms with E-state index in [2.05, 4.69) is 10.1 Å². The van der Waals surface area contributed by atoms with Crippen LogP contribution in [0.2, 0.25) is 0 Å². The average Bonchev–Trinajstić information content (AvgIpc) is 3.04. The number of benzene rings is 1. The highest BCUT2D eigenvalue weighted by Gasteiger charge is 2.29. The molecule has 1 N–H and O–H groups in total. The van der Waals surface area contributed by atoms with Crippen molar-refractivity contribution in [3.05, 3.63) is 40.3 Å². The number of hydrogen-bond acceptors (Lipinski definition) is 7. The van der Waals surface area contributed by atoms with Crippen molar-refractivity contribution in [1.82, 2.24) is 15.0 Å². The number of likely N-dealkylation sites (tertiary alicyclic amines) is 1. The number of non-ortho nitro benzene ring substituents is 1. The lowest BCUT2D eigenvalue weighted by molar-refractivity contribution is -0.384. The predicted octanol–water partition coefficient (Wildman–Crippen LogP) is 2.08. The van der Waals surface area contributed by atoms with E-state index < -0.39 is 16.9 Å². The van der Waals surface area contributed by atoms with Crippen molar-refractivity contribution in [1.29, 1.82) is 0 Å². The van der Waals surface area contributed by atoms with Crippen LogP contribution in [0.5, 0.6) is 0 Å². The fourth-order valence-corrected chi connectivity index (χ4v) is 2.80. The molecular formula is C15H16N4O5. The first-order valence-electron chi connectivity index (χ1n) is 7.59. The quantitative estimate of drug-likeness (QED) is 0.652. The number of carbonyl (C=O) groups is 1. The molecule has 1 aromatic heterocycles. The van der Waals surface area contributed by atoms with E-state index >= 15 is 0 Å². The monoisotopic (exact) mass is 332 g/mol. The van der Waals surface area contributed by atoms with E-state index in [4.69, 9.17) is 4.52 Å². The van der Waals surface area contributed by atoms with Gasteiger partial charge >= 0.3 is 5.97 Å². The summed E-state index contributed by atoms with van der Waals surface area (Å²) in [7, 11) is 0. The van der Waals surface area contributed by atoms with Crippen molar-refractivity contribution in [2.24, 2.45) is 0 Å². The molecule has 0 saturated carbocycles. The SMILES string of the molecule is O=C(O)C1CCCCN1Cc1nc(-c2ccc([N+](=O)[O-])cc2)no1. The maximum atomic E-state index is 11.3. The van der Waals surface area contributed by atoms with E-state index in [1.165, 1.54) is 12.1 Å². The number of aliphatic carboxylic acids is 1. The van der Waals surface area contributed by atoms with Gasteiger partial charge in [0, 0.05) is 17.7 Å². The van der Waals surface area contributed by atoms with Crippen LogP contribution in [-0.2, 0) is 11.3 Å². The fraction of sp³-hybridized carbons (Fsp3) is 0.400. The molecule has 1 aliphatic rings. The van der Waals surface area contributed by atoms with Crippen molar-refractivity contribution >= 4 is 11.7 Å². The lowest BCUT2D eigenvalue weighted by Gasteiger charge is -2.31. The molecule has 1 fully saturated rings. The Morgan fingerprint density at radius 3 is 2.79 bits per heavy atom. The van der Waals surface area contributed by atoms with Gasteiger partial charge in [0.2, 0.25) is 11.7 Å². The summed E-state index contributed by atoms with van der Waals surface area (Å²) in [5.41, 5.74) is 0.587. The summed E-state index contributed by atoms with van der Waals surface area (Å²) in [5, 5.41) is 23.8. The maximum absolute atomic E-state index is 11.3. The molecule has 1 saturated heterocycles. The van der Waals surface area contributed by atoms with Crippen molar-refractivity contribution < 1.29 is 19.3 Å². The van der Waals surface area contributed by atoms with Crippen LogP contribution < -0.4 is 0 Å². The second-order valence-corrected chi connectivity index (χ2v) is 5.64. The minimum absolute atomic E-state index is 0.0138. The molecule has 3 rings (SSSR count). The molecule has 1 atom stereocenters. The Balaban J connectivity index is 1.73. The van der Waals surface area contributed by atoms with Crippen LogP contribution in [0.3, 0.4) is 0 Å². The predicted molar refractivity (Wildman–Crippen MR) is 82.1 cm³/mol. The number of piperidine rings is 1. The van der Waals surface area contributed by atoms with Gasteiger partial charge in [-0.15, -0.1) is 0 Å². The first-order chi connectivity index (χ1) is 11.5. The molecule has 1 aromatic carbocycles. The smallest absolute Gasteiger partial charge is 0.320 e. The van der Waals surface area contributed by atoms with Crippen LogP contribution >= 0.6 is 0 Å². The van der Waals surface area contributed by atoms with E-state index in [-0.39, 0.29) is 12.2 Å². The van der Waals surface area contributed by atoms with Gasteiger partial charge in [0.05, 0.1) is 11.5 Å². The van der Waals surface area contributed by atoms with E-state index in [0.717, 1.165) is 12.8 Å². The molecule has 9 nitrogen and oxygen atoms in total. The number of nitro benzene ring substituents is 1. The second kappa shape index (κ2) is 6.75. The fourth-order valence-electron chi connectivity index (χ4n) is 2.80. The molecule has 24 heavy (non-hydrogen) atoms. The van der Waals surface area contributed by atoms with Gasteiger partial charge in [-0.3, -0.25) is 19.8 Å². The Morgan fingerprint density at radius 2 is 2.12 bits per heavy atom. The minimum Gasteiger partial charge on any atom is -0.480 e. The number of hydrogen-bond donors (Lipinski definition) is 1. The van der Waals surface area contributed by atoms with Gasteiger partial charge in [-0.05, 0) is 31.5 Å². The standard InChI is InChI=1S/C15H16N4O5/c20-15(21)12-3-1-2-8-18(12)9-13-16-14(17-24-13)10-4-6-11(7-5-10)19(22)23/h4-7,12H,1-3,8-9H2,(H,20,21). The number of carboxylic acid groups (broad SMARTS) is 1. The van der Waals surface area contributed by atoms with E-state index in [1.54, 1.807) is 12.1 Å². The highest BCUT2D eigenvalue weighted by Crippen LogP contribution is 2.22. The highest BCUT2D eigenvalue weighted by atomic mass is 16.6. The summed E-state index contributed by atoms with van der Waals surface area (Å²) in [6.45, 7) is 0.948. The van der Waals surface area contributed by atoms with Crippen molar-refractivity contribution in [3.63, 3.8) is 0 Å². The zero-order chi connectivity index (χ0) is 17.1. The van der Waals surface area contributed by atoms with Crippen LogP contribution in [0, 0.1) is 10.1 Å². The van der Waals surface area contributed by atoms with Gasteiger partial charge in [-0.2, -0.15) is 4.98 Å². The molecule has 2 aromatic rings. The summed E-state index contributed by atoms with van der Waals surface area (Å²) < 4.78 is 5.20. The third-order valence-electron chi connectivity index (χ3n) is 4.04. The zero-order valence-electron chi connectivity index (χ0n) is 12.8. The summed E-state index contributed by atoms with van der Waals surface area (Å²) in [4.78, 5) is 27.6. The van der Waals surface area contributed by atoms with E-state index in [1.807, 2.05) is 4.90 Å². The van der Waals surface area contributed by atoms with Crippen LogP contribution in [0.1, 0.15) is 25.2 Å². The minimum atomic E-state index is -0.843. The molecule has 126 valence electrons. The molecule has 9 heteroatoms. The van der Waals surface area contributed by atoms with E-state index in [0.29, 0.717) is 30.2 Å². The Morgan fingerprint density at radius 1 is 1.38 bits per heavy atom. The molecule has 1 unspecified atom stereocenters. The van der Waals surface area contributed by atoms with Gasteiger partial charge in [0.15, 0.2) is 0 Å². The first kappa shape index (κ1) is 16.1. The Bertz CT molecular complexity index is 743. The van der Waals surface area contributed by atoms with Crippen molar-refractivity contribution in [3.8, 4) is 11.4 Å². The molecule has 0 aliphatic carbocycles. The van der Waals surface area contributed by atoms with Crippen LogP contribution in [0.15, 0.2) is 28.8 Å². The molecule has 0 bridgehead atoms. The van der Waals surface area contributed by atoms with Crippen LogP contribution in [-0.4, -0.2) is 43.6 Å². The van der Waals surface area contributed by atoms with Crippen molar-refractivity contribution in [2.45, 2.75) is 31.8 Å². The Labute approximate surface area is 137 Å². The summed E-state index contributed by atoms with van der Waals surface area (Å²) in [6.07, 6.45) is 2.44. The average molecular weight is 332 g/mol. The third kappa shape index (κ3) is 3.40. The topological polar surface area (TPSA) is 123 Å². The number of nitrogens with zero attached hydrogens (tertiary/aromatic N) is 4. The van der Waals surface area contributed by atoms with Gasteiger partial charge in [-0.25, -0.2) is 0 Å².